The Kier molecular flexibility index (Phi) is 4.24. The van der Waals surface area contributed by atoms with Crippen molar-refractivity contribution in [2.24, 2.45) is 5.92 Å². The van der Waals surface area contributed by atoms with Crippen molar-refractivity contribution in [1.82, 2.24) is 9.88 Å². The molecule has 1 unspecified atom stereocenters. The molecule has 1 aliphatic heterocycles. The Morgan fingerprint density at radius 2 is 2.41 bits per heavy atom. The minimum atomic E-state index is 0.578. The third-order valence-corrected chi connectivity index (χ3v) is 3.69. The molecule has 1 N–H and O–H groups in total. The highest BCUT2D eigenvalue weighted by atomic mass is 35.5. The Morgan fingerprint density at radius 1 is 1.59 bits per heavy atom. The maximum Gasteiger partial charge on any atom is 0.152 e. The molecule has 0 aliphatic carbocycles. The molecule has 3 nitrogen and oxygen atoms in total. The molecule has 0 aromatic carbocycles. The van der Waals surface area contributed by atoms with E-state index in [9.17, 15) is 0 Å². The number of pyridine rings is 1. The van der Waals surface area contributed by atoms with Crippen LogP contribution in [0.1, 0.15) is 18.4 Å². The molecule has 1 saturated heterocycles. The van der Waals surface area contributed by atoms with Gasteiger partial charge in [-0.2, -0.15) is 0 Å². The van der Waals surface area contributed by atoms with Gasteiger partial charge in [0.2, 0.25) is 0 Å². The molecule has 2 heterocycles. The maximum absolute atomic E-state index is 6.09. The van der Waals surface area contributed by atoms with Crippen molar-refractivity contribution in [3.8, 4) is 0 Å². The van der Waals surface area contributed by atoms with Gasteiger partial charge in [-0.05, 0) is 50.9 Å². The monoisotopic (exact) mass is 253 g/mol. The van der Waals surface area contributed by atoms with Crippen molar-refractivity contribution in [2.75, 3.05) is 32.0 Å². The van der Waals surface area contributed by atoms with Gasteiger partial charge in [-0.25, -0.2) is 4.98 Å². The summed E-state index contributed by atoms with van der Waals surface area (Å²) in [6, 6.07) is 1.99. The van der Waals surface area contributed by atoms with Crippen LogP contribution in [0.25, 0.3) is 0 Å². The lowest BCUT2D eigenvalue weighted by molar-refractivity contribution is 0.217. The van der Waals surface area contributed by atoms with E-state index < -0.39 is 0 Å². The first kappa shape index (κ1) is 12.7. The predicted molar refractivity (Wildman–Crippen MR) is 72.7 cm³/mol. The van der Waals surface area contributed by atoms with E-state index in [-0.39, 0.29) is 0 Å². The minimum absolute atomic E-state index is 0.578. The third-order valence-electron chi connectivity index (χ3n) is 3.40. The molecule has 0 saturated carbocycles. The highest BCUT2D eigenvalue weighted by Gasteiger charge is 2.17. The second-order valence-electron chi connectivity index (χ2n) is 4.95. The molecule has 2 rings (SSSR count). The Bertz CT molecular complexity index is 361. The van der Waals surface area contributed by atoms with E-state index in [4.69, 9.17) is 11.6 Å². The van der Waals surface area contributed by atoms with Gasteiger partial charge in [0.1, 0.15) is 0 Å². The molecule has 94 valence electrons. The van der Waals surface area contributed by atoms with Gasteiger partial charge in [-0.15, -0.1) is 0 Å². The van der Waals surface area contributed by atoms with Crippen molar-refractivity contribution >= 4 is 17.3 Å². The lowest BCUT2D eigenvalue weighted by Gasteiger charge is -2.30. The second kappa shape index (κ2) is 5.69. The van der Waals surface area contributed by atoms with Crippen LogP contribution in [0.4, 0.5) is 5.69 Å². The largest absolute Gasteiger partial charge is 0.382 e. The number of aryl methyl sites for hydroxylation is 1. The Morgan fingerprint density at radius 3 is 3.12 bits per heavy atom. The molecule has 1 aromatic rings. The van der Waals surface area contributed by atoms with Gasteiger partial charge in [0.05, 0.1) is 5.69 Å². The van der Waals surface area contributed by atoms with E-state index in [1.165, 1.54) is 25.9 Å². The van der Waals surface area contributed by atoms with Crippen LogP contribution in [0, 0.1) is 12.8 Å². The Balaban J connectivity index is 1.93. The van der Waals surface area contributed by atoms with Crippen LogP contribution in [0.2, 0.25) is 5.15 Å². The maximum atomic E-state index is 6.09. The first-order valence-electron chi connectivity index (χ1n) is 6.20. The topological polar surface area (TPSA) is 28.2 Å². The van der Waals surface area contributed by atoms with E-state index in [1.54, 1.807) is 6.20 Å². The fourth-order valence-corrected chi connectivity index (χ4v) is 2.70. The summed E-state index contributed by atoms with van der Waals surface area (Å²) in [5, 5.41) is 4.03. The van der Waals surface area contributed by atoms with Crippen molar-refractivity contribution in [3.63, 3.8) is 0 Å². The number of hydrogen-bond donors (Lipinski definition) is 1. The molecule has 1 aliphatic rings. The first-order chi connectivity index (χ1) is 8.16. The lowest BCUT2D eigenvalue weighted by Crippen LogP contribution is -2.35. The summed E-state index contributed by atoms with van der Waals surface area (Å²) < 4.78 is 0. The summed E-state index contributed by atoms with van der Waals surface area (Å²) in [4.78, 5) is 6.51. The summed E-state index contributed by atoms with van der Waals surface area (Å²) in [6.07, 6.45) is 4.34. The van der Waals surface area contributed by atoms with E-state index >= 15 is 0 Å². The Labute approximate surface area is 108 Å². The fraction of sp³-hybridized carbons (Fsp3) is 0.615. The standard InChI is InChI=1S/C13H20ClN3/c1-10-5-6-15-13(14)12(10)16-8-11-4-3-7-17(2)9-11/h5-6,11,16H,3-4,7-9H2,1-2H3. The van der Waals surface area contributed by atoms with Crippen LogP contribution >= 0.6 is 11.6 Å². The summed E-state index contributed by atoms with van der Waals surface area (Å²) in [5.41, 5.74) is 2.15. The summed E-state index contributed by atoms with van der Waals surface area (Å²) in [7, 11) is 2.19. The van der Waals surface area contributed by atoms with Gasteiger partial charge in [0, 0.05) is 19.3 Å². The van der Waals surface area contributed by atoms with Gasteiger partial charge in [-0.1, -0.05) is 11.6 Å². The lowest BCUT2D eigenvalue weighted by atomic mass is 9.98. The number of halogens is 1. The van der Waals surface area contributed by atoms with Gasteiger partial charge >= 0.3 is 0 Å². The number of aromatic nitrogens is 1. The highest BCUT2D eigenvalue weighted by Crippen LogP contribution is 2.24. The molecular formula is C13H20ClN3. The van der Waals surface area contributed by atoms with Crippen LogP contribution in [-0.4, -0.2) is 36.6 Å². The van der Waals surface area contributed by atoms with Gasteiger partial charge in [0.15, 0.2) is 5.15 Å². The summed E-state index contributed by atoms with van der Waals surface area (Å²) in [6.45, 7) is 5.44. The van der Waals surface area contributed by atoms with E-state index in [2.05, 4.69) is 29.2 Å². The molecule has 0 spiro atoms. The van der Waals surface area contributed by atoms with Gasteiger partial charge in [-0.3, -0.25) is 0 Å². The zero-order valence-electron chi connectivity index (χ0n) is 10.5. The minimum Gasteiger partial charge on any atom is -0.382 e. The number of nitrogens with one attached hydrogen (secondary N) is 1. The number of hydrogen-bond acceptors (Lipinski definition) is 3. The Hall–Kier alpha value is -0.800. The number of nitrogens with zero attached hydrogens (tertiary/aromatic N) is 2. The second-order valence-corrected chi connectivity index (χ2v) is 5.30. The number of anilines is 1. The zero-order chi connectivity index (χ0) is 12.3. The molecule has 1 aromatic heterocycles. The van der Waals surface area contributed by atoms with Crippen LogP contribution in [0.3, 0.4) is 0 Å². The van der Waals surface area contributed by atoms with Crippen molar-refractivity contribution < 1.29 is 0 Å². The van der Waals surface area contributed by atoms with Gasteiger partial charge < -0.3 is 10.2 Å². The molecule has 0 radical (unpaired) electrons. The summed E-state index contributed by atoms with van der Waals surface area (Å²) >= 11 is 6.09. The summed E-state index contributed by atoms with van der Waals surface area (Å²) in [5.74, 6) is 0.712. The third kappa shape index (κ3) is 3.33. The average Bonchev–Trinajstić information content (AvgIpc) is 2.28. The molecule has 17 heavy (non-hydrogen) atoms. The molecule has 4 heteroatoms. The zero-order valence-corrected chi connectivity index (χ0v) is 11.3. The van der Waals surface area contributed by atoms with E-state index in [0.717, 1.165) is 17.8 Å². The van der Waals surface area contributed by atoms with Crippen LogP contribution in [-0.2, 0) is 0 Å². The van der Waals surface area contributed by atoms with Crippen LogP contribution < -0.4 is 5.32 Å². The quantitative estimate of drug-likeness (QED) is 0.840. The van der Waals surface area contributed by atoms with Crippen LogP contribution in [0.5, 0.6) is 0 Å². The highest BCUT2D eigenvalue weighted by molar-refractivity contribution is 6.32. The smallest absolute Gasteiger partial charge is 0.152 e. The predicted octanol–water partition coefficient (Wildman–Crippen LogP) is 2.80. The molecule has 1 atom stereocenters. The number of piperidine rings is 1. The van der Waals surface area contributed by atoms with E-state index in [0.29, 0.717) is 11.1 Å². The normalized spacial score (nSPS) is 21.5. The average molecular weight is 254 g/mol. The molecule has 0 bridgehead atoms. The molecular weight excluding hydrogens is 234 g/mol. The number of likely N-dealkylation sites (tertiary alicyclic amines) is 1. The fourth-order valence-electron chi connectivity index (χ4n) is 2.42. The number of rotatable bonds is 3. The van der Waals surface area contributed by atoms with Crippen molar-refractivity contribution in [3.05, 3.63) is 23.0 Å². The van der Waals surface area contributed by atoms with Crippen molar-refractivity contribution in [2.45, 2.75) is 19.8 Å². The van der Waals surface area contributed by atoms with E-state index in [1.807, 2.05) is 6.07 Å². The SMILES string of the molecule is Cc1ccnc(Cl)c1NCC1CCCN(C)C1. The van der Waals surface area contributed by atoms with Gasteiger partial charge in [0.25, 0.3) is 0 Å². The molecule has 1 fully saturated rings. The van der Waals surface area contributed by atoms with Crippen molar-refractivity contribution in [1.29, 1.82) is 0 Å². The molecule has 0 amide bonds. The first-order valence-corrected chi connectivity index (χ1v) is 6.58. The van der Waals surface area contributed by atoms with Crippen LogP contribution in [0.15, 0.2) is 12.3 Å².